The van der Waals surface area contributed by atoms with Gasteiger partial charge in [0.25, 0.3) is 0 Å². The first-order chi connectivity index (χ1) is 10.3. The van der Waals surface area contributed by atoms with Crippen molar-refractivity contribution >= 4 is 8.56 Å². The molecule has 0 spiro atoms. The molecule has 0 saturated heterocycles. The molecule has 4 rings (SSSR count). The summed E-state index contributed by atoms with van der Waals surface area (Å²) in [6, 6.07) is 0. The molecule has 4 unspecified atom stereocenters. The zero-order valence-electron chi connectivity index (χ0n) is 13.9. The average Bonchev–Trinajstić information content (AvgIpc) is 3.33. The van der Waals surface area contributed by atoms with Gasteiger partial charge in [-0.15, -0.1) is 0 Å². The Morgan fingerprint density at radius 1 is 0.571 bits per heavy atom. The van der Waals surface area contributed by atoms with Crippen molar-refractivity contribution < 1.29 is 8.85 Å². The highest BCUT2D eigenvalue weighted by atomic mass is 28.4. The van der Waals surface area contributed by atoms with Crippen LogP contribution in [-0.4, -0.2) is 22.8 Å². The molecular weight excluding hydrogens is 276 g/mol. The van der Waals surface area contributed by atoms with Gasteiger partial charge in [-0.25, -0.2) is 0 Å². The summed E-state index contributed by atoms with van der Waals surface area (Å²) in [5.74, 6) is 3.85. The summed E-state index contributed by atoms with van der Waals surface area (Å²) >= 11 is 0. The van der Waals surface area contributed by atoms with E-state index in [0.717, 1.165) is 34.8 Å². The first kappa shape index (κ1) is 14.7. The molecule has 4 atom stereocenters. The van der Waals surface area contributed by atoms with Gasteiger partial charge in [-0.3, -0.25) is 0 Å². The minimum Gasteiger partial charge on any atom is -0.397 e. The van der Waals surface area contributed by atoms with Crippen molar-refractivity contribution in [1.29, 1.82) is 0 Å². The molecule has 0 heterocycles. The van der Waals surface area contributed by atoms with Crippen LogP contribution in [0.4, 0.5) is 0 Å². The van der Waals surface area contributed by atoms with E-state index in [4.69, 9.17) is 8.85 Å². The van der Waals surface area contributed by atoms with E-state index in [9.17, 15) is 0 Å². The third kappa shape index (κ3) is 2.26. The molecule has 0 N–H and O–H groups in total. The van der Waals surface area contributed by atoms with Gasteiger partial charge in [0, 0.05) is 25.3 Å². The summed E-state index contributed by atoms with van der Waals surface area (Å²) in [6.45, 7) is 0. The Balaban J connectivity index is 1.54. The molecule has 0 aromatic heterocycles. The van der Waals surface area contributed by atoms with Crippen LogP contribution in [0.2, 0.25) is 11.1 Å². The zero-order valence-corrected chi connectivity index (χ0v) is 14.9. The highest BCUT2D eigenvalue weighted by Crippen LogP contribution is 2.73. The quantitative estimate of drug-likeness (QED) is 0.689. The second kappa shape index (κ2) is 5.65. The maximum absolute atomic E-state index is 6.32. The largest absolute Gasteiger partial charge is 0.397 e. The van der Waals surface area contributed by atoms with Crippen LogP contribution in [0.3, 0.4) is 0 Å². The lowest BCUT2D eigenvalue weighted by Crippen LogP contribution is -2.44. The van der Waals surface area contributed by atoms with Crippen molar-refractivity contribution in [2.24, 2.45) is 23.7 Å². The molecule has 4 aliphatic rings. The number of fused-ring (bicyclic) bond motifs is 2. The third-order valence-electron chi connectivity index (χ3n) is 7.38. The molecule has 2 nitrogen and oxygen atoms in total. The van der Waals surface area contributed by atoms with Crippen LogP contribution in [0, 0.1) is 23.7 Å². The fourth-order valence-electron chi connectivity index (χ4n) is 6.38. The van der Waals surface area contributed by atoms with Gasteiger partial charge >= 0.3 is 8.56 Å². The Labute approximate surface area is 131 Å². The normalized spacial score (nSPS) is 46.0. The fourth-order valence-corrected chi connectivity index (χ4v) is 11.9. The van der Waals surface area contributed by atoms with Crippen LogP contribution >= 0.6 is 0 Å². The summed E-state index contributed by atoms with van der Waals surface area (Å²) in [5, 5.41) is 0. The predicted molar refractivity (Wildman–Crippen MR) is 87.4 cm³/mol. The molecule has 0 bridgehead atoms. The molecule has 0 radical (unpaired) electrons. The van der Waals surface area contributed by atoms with E-state index < -0.39 is 8.56 Å². The van der Waals surface area contributed by atoms with E-state index in [-0.39, 0.29) is 0 Å². The van der Waals surface area contributed by atoms with E-state index in [1.165, 1.54) is 64.2 Å². The van der Waals surface area contributed by atoms with Gasteiger partial charge in [-0.05, 0) is 23.7 Å². The molecule has 4 fully saturated rings. The summed E-state index contributed by atoms with van der Waals surface area (Å²) in [5.41, 5.74) is 1.68. The van der Waals surface area contributed by atoms with Crippen molar-refractivity contribution in [3.63, 3.8) is 0 Å². The predicted octanol–water partition coefficient (Wildman–Crippen LogP) is 4.88. The van der Waals surface area contributed by atoms with Gasteiger partial charge in [0.1, 0.15) is 0 Å². The molecule has 3 heteroatoms. The van der Waals surface area contributed by atoms with Crippen LogP contribution in [-0.2, 0) is 8.85 Å². The van der Waals surface area contributed by atoms with Crippen LogP contribution in [0.1, 0.15) is 64.2 Å². The monoisotopic (exact) mass is 308 g/mol. The molecule has 21 heavy (non-hydrogen) atoms. The van der Waals surface area contributed by atoms with E-state index in [0.29, 0.717) is 0 Å². The molecule has 0 aromatic rings. The van der Waals surface area contributed by atoms with Gasteiger partial charge < -0.3 is 8.85 Å². The van der Waals surface area contributed by atoms with Crippen LogP contribution in [0.15, 0.2) is 0 Å². The van der Waals surface area contributed by atoms with E-state index >= 15 is 0 Å². The molecular formula is C18H32O2Si. The lowest BCUT2D eigenvalue weighted by atomic mass is 10.2. The van der Waals surface area contributed by atoms with Crippen molar-refractivity contribution in [3.05, 3.63) is 0 Å². The summed E-state index contributed by atoms with van der Waals surface area (Å²) in [4.78, 5) is 0. The van der Waals surface area contributed by atoms with Crippen molar-refractivity contribution in [2.75, 3.05) is 14.2 Å². The average molecular weight is 309 g/mol. The van der Waals surface area contributed by atoms with Crippen molar-refractivity contribution in [1.82, 2.24) is 0 Å². The van der Waals surface area contributed by atoms with Gasteiger partial charge in [0.15, 0.2) is 0 Å². The first-order valence-electron chi connectivity index (χ1n) is 9.44. The Kier molecular flexibility index (Phi) is 3.96. The maximum atomic E-state index is 6.32. The van der Waals surface area contributed by atoms with Gasteiger partial charge in [-0.1, -0.05) is 64.2 Å². The van der Waals surface area contributed by atoms with Gasteiger partial charge in [0.2, 0.25) is 0 Å². The van der Waals surface area contributed by atoms with Gasteiger partial charge in [0.05, 0.1) is 0 Å². The summed E-state index contributed by atoms with van der Waals surface area (Å²) in [6.07, 6.45) is 14.6. The lowest BCUT2D eigenvalue weighted by molar-refractivity contribution is 0.229. The third-order valence-corrected chi connectivity index (χ3v) is 12.2. The Morgan fingerprint density at radius 2 is 0.905 bits per heavy atom. The van der Waals surface area contributed by atoms with Crippen LogP contribution in [0.5, 0.6) is 0 Å². The summed E-state index contributed by atoms with van der Waals surface area (Å²) in [7, 11) is 1.98. The fraction of sp³-hybridized carbons (Fsp3) is 1.00. The topological polar surface area (TPSA) is 18.5 Å². The molecule has 0 aliphatic heterocycles. The van der Waals surface area contributed by atoms with Crippen LogP contribution < -0.4 is 0 Å². The van der Waals surface area contributed by atoms with E-state index in [2.05, 4.69) is 0 Å². The highest BCUT2D eigenvalue weighted by Gasteiger charge is 2.74. The second-order valence-corrected chi connectivity index (χ2v) is 11.7. The van der Waals surface area contributed by atoms with Gasteiger partial charge in [-0.2, -0.15) is 0 Å². The Morgan fingerprint density at radius 3 is 1.19 bits per heavy atom. The zero-order chi connectivity index (χ0) is 14.4. The Hall–Kier alpha value is 0.137. The number of rotatable bonds is 4. The van der Waals surface area contributed by atoms with Crippen molar-refractivity contribution in [2.45, 2.75) is 75.3 Å². The molecule has 0 amide bonds. The summed E-state index contributed by atoms with van der Waals surface area (Å²) < 4.78 is 12.6. The Bertz CT molecular complexity index is 325. The van der Waals surface area contributed by atoms with E-state index in [1.54, 1.807) is 0 Å². The first-order valence-corrected chi connectivity index (χ1v) is 11.4. The van der Waals surface area contributed by atoms with E-state index in [1.807, 2.05) is 14.2 Å². The standard InChI is InChI=1S/C18H32O2Si/c1-19-21(20-2,17-13-9-5-3-6-10-14(13)17)18-15-11-7-4-8-12-16(15)18/h13-18H,3-12H2,1-2H3. The lowest BCUT2D eigenvalue weighted by Gasteiger charge is -2.30. The SMILES string of the molecule is CO[Si](OC)(C1C2CCCCCC21)C1C2CCCCCC21. The molecule has 4 saturated carbocycles. The minimum atomic E-state index is -1.98. The second-order valence-electron chi connectivity index (χ2n) is 8.11. The molecule has 0 aromatic carbocycles. The molecule has 120 valence electrons. The number of hydrogen-bond donors (Lipinski definition) is 0. The maximum Gasteiger partial charge on any atom is 0.345 e. The highest BCUT2D eigenvalue weighted by molar-refractivity contribution is 6.72. The molecule has 4 aliphatic carbocycles. The minimum absolute atomic E-state index is 0.838. The number of hydrogen-bond acceptors (Lipinski definition) is 2. The smallest absolute Gasteiger partial charge is 0.345 e. The van der Waals surface area contributed by atoms with Crippen molar-refractivity contribution in [3.8, 4) is 0 Å². The van der Waals surface area contributed by atoms with Crippen LogP contribution in [0.25, 0.3) is 0 Å².